The maximum Gasteiger partial charge on any atom is 0.244 e. The molecule has 0 spiro atoms. The van der Waals surface area contributed by atoms with E-state index in [1.54, 1.807) is 7.11 Å². The van der Waals surface area contributed by atoms with Gasteiger partial charge in [-0.2, -0.15) is 0 Å². The molecule has 2 atom stereocenters. The molecule has 1 amide bonds. The van der Waals surface area contributed by atoms with Gasteiger partial charge in [-0.05, 0) is 98.5 Å². The third-order valence-corrected chi connectivity index (χ3v) is 6.87. The normalized spacial score (nSPS) is 22.0. The summed E-state index contributed by atoms with van der Waals surface area (Å²) in [4.78, 5) is 14.8. The molecule has 1 heterocycles. The minimum atomic E-state index is -0.652. The Bertz CT molecular complexity index is 966. The number of methoxy groups -OCH3 is 1. The predicted octanol–water partition coefficient (Wildman–Crippen LogP) is 5.15. The average Bonchev–Trinajstić information content (AvgIpc) is 3.24. The first-order chi connectivity index (χ1) is 16.0. The molecule has 2 fully saturated rings. The highest BCUT2D eigenvalue weighted by atomic mass is 19.1. The standard InChI is InChI=1S/C27H32F2N2O2/c1-33-26-4-2-3-22(16-26)21-9-11-31(12-10-21)18-20-5-7-25(15-20)30-27(32)8-6-19-13-23(28)17-24(29)14-19/h2-4,6,8,13-14,16-17,20-21,25H,5,7,9-12,15,18H2,1H3,(H,30,32)/b8-6+/t20-,25+/m1/s1. The van der Waals surface area contributed by atoms with Gasteiger partial charge in [0.2, 0.25) is 5.91 Å². The zero-order valence-corrected chi connectivity index (χ0v) is 19.1. The van der Waals surface area contributed by atoms with Crippen LogP contribution in [0.1, 0.15) is 49.1 Å². The smallest absolute Gasteiger partial charge is 0.244 e. The fraction of sp³-hybridized carbons (Fsp3) is 0.444. The predicted molar refractivity (Wildman–Crippen MR) is 126 cm³/mol. The molecule has 6 heteroatoms. The van der Waals surface area contributed by atoms with Crippen LogP contribution < -0.4 is 10.1 Å². The molecule has 4 nitrogen and oxygen atoms in total. The summed E-state index contributed by atoms with van der Waals surface area (Å²) in [5, 5.41) is 3.04. The van der Waals surface area contributed by atoms with E-state index in [1.807, 2.05) is 6.07 Å². The van der Waals surface area contributed by atoms with Gasteiger partial charge in [0, 0.05) is 24.7 Å². The number of carbonyl (C=O) groups is 1. The number of likely N-dealkylation sites (tertiary alicyclic amines) is 1. The van der Waals surface area contributed by atoms with Gasteiger partial charge in [0.1, 0.15) is 17.4 Å². The lowest BCUT2D eigenvalue weighted by Gasteiger charge is -2.34. The molecule has 4 rings (SSSR count). The van der Waals surface area contributed by atoms with Crippen molar-refractivity contribution in [3.63, 3.8) is 0 Å². The summed E-state index contributed by atoms with van der Waals surface area (Å²) in [5.74, 6) is 0.578. The van der Waals surface area contributed by atoms with E-state index in [2.05, 4.69) is 28.4 Å². The average molecular weight is 455 g/mol. The Hall–Kier alpha value is -2.73. The van der Waals surface area contributed by atoms with Gasteiger partial charge < -0.3 is 15.0 Å². The maximum atomic E-state index is 13.3. The highest BCUT2D eigenvalue weighted by Gasteiger charge is 2.29. The van der Waals surface area contributed by atoms with Crippen LogP contribution in [0.15, 0.2) is 48.5 Å². The van der Waals surface area contributed by atoms with Crippen LogP contribution >= 0.6 is 0 Å². The summed E-state index contributed by atoms with van der Waals surface area (Å²) in [6, 6.07) is 11.8. The van der Waals surface area contributed by atoms with Crippen molar-refractivity contribution in [3.05, 3.63) is 71.3 Å². The molecule has 2 aromatic carbocycles. The molecule has 1 N–H and O–H groups in total. The molecule has 1 saturated heterocycles. The number of amides is 1. The molecule has 1 aliphatic heterocycles. The van der Waals surface area contributed by atoms with Crippen LogP contribution in [0.4, 0.5) is 8.78 Å². The van der Waals surface area contributed by atoms with Crippen molar-refractivity contribution in [2.24, 2.45) is 5.92 Å². The summed E-state index contributed by atoms with van der Waals surface area (Å²) in [7, 11) is 1.71. The molecule has 0 unspecified atom stereocenters. The van der Waals surface area contributed by atoms with Gasteiger partial charge in [-0.1, -0.05) is 12.1 Å². The SMILES string of the molecule is COc1cccc(C2CCN(C[C@@H]3CC[C@H](NC(=O)/C=C/c4cc(F)cc(F)c4)C3)CC2)c1. The Morgan fingerprint density at radius 2 is 1.85 bits per heavy atom. The monoisotopic (exact) mass is 454 g/mol. The van der Waals surface area contributed by atoms with Crippen LogP contribution in [0.5, 0.6) is 5.75 Å². The van der Waals surface area contributed by atoms with Gasteiger partial charge in [0.15, 0.2) is 0 Å². The number of ether oxygens (including phenoxy) is 1. The van der Waals surface area contributed by atoms with Crippen LogP contribution in [0.2, 0.25) is 0 Å². The first-order valence-corrected chi connectivity index (χ1v) is 11.8. The van der Waals surface area contributed by atoms with E-state index < -0.39 is 11.6 Å². The Labute approximate surface area is 194 Å². The van der Waals surface area contributed by atoms with Crippen LogP contribution in [-0.2, 0) is 4.79 Å². The molecule has 33 heavy (non-hydrogen) atoms. The Kier molecular flexibility index (Phi) is 7.76. The summed E-state index contributed by atoms with van der Waals surface area (Å²) < 4.78 is 31.9. The summed E-state index contributed by atoms with van der Waals surface area (Å²) in [6.07, 6.45) is 8.17. The van der Waals surface area contributed by atoms with Crippen molar-refractivity contribution in [3.8, 4) is 5.75 Å². The first-order valence-electron chi connectivity index (χ1n) is 11.8. The Morgan fingerprint density at radius 3 is 2.58 bits per heavy atom. The second kappa shape index (κ2) is 10.9. The van der Waals surface area contributed by atoms with E-state index in [1.165, 1.54) is 29.8 Å². The first kappa shape index (κ1) is 23.4. The zero-order chi connectivity index (χ0) is 23.2. The fourth-order valence-corrected chi connectivity index (χ4v) is 5.17. The van der Waals surface area contributed by atoms with Crippen molar-refractivity contribution in [2.45, 2.75) is 44.1 Å². The molecule has 176 valence electrons. The van der Waals surface area contributed by atoms with Crippen LogP contribution in [0.3, 0.4) is 0 Å². The van der Waals surface area contributed by atoms with E-state index in [0.29, 0.717) is 17.4 Å². The molecule has 2 aromatic rings. The quantitative estimate of drug-likeness (QED) is 0.589. The summed E-state index contributed by atoms with van der Waals surface area (Å²) in [6.45, 7) is 3.28. The molecule has 0 radical (unpaired) electrons. The van der Waals surface area contributed by atoms with Gasteiger partial charge in [0.25, 0.3) is 0 Å². The van der Waals surface area contributed by atoms with Crippen molar-refractivity contribution in [1.29, 1.82) is 0 Å². The van der Waals surface area contributed by atoms with Gasteiger partial charge >= 0.3 is 0 Å². The number of halogens is 2. The number of nitrogens with zero attached hydrogens (tertiary/aromatic N) is 1. The molecular formula is C27H32F2N2O2. The minimum Gasteiger partial charge on any atom is -0.497 e. The number of rotatable bonds is 7. The van der Waals surface area contributed by atoms with Crippen molar-refractivity contribution in [2.75, 3.05) is 26.7 Å². The van der Waals surface area contributed by atoms with Gasteiger partial charge in [0.05, 0.1) is 7.11 Å². The van der Waals surface area contributed by atoms with Crippen molar-refractivity contribution >= 4 is 12.0 Å². The number of hydrogen-bond donors (Lipinski definition) is 1. The molecule has 1 saturated carbocycles. The lowest BCUT2D eigenvalue weighted by Crippen LogP contribution is -2.37. The molecule has 2 aliphatic rings. The third-order valence-electron chi connectivity index (χ3n) is 6.87. The van der Waals surface area contributed by atoms with E-state index in [0.717, 1.165) is 63.6 Å². The Morgan fingerprint density at radius 1 is 1.09 bits per heavy atom. The summed E-state index contributed by atoms with van der Waals surface area (Å²) >= 11 is 0. The van der Waals surface area contributed by atoms with Gasteiger partial charge in [-0.3, -0.25) is 4.79 Å². The van der Waals surface area contributed by atoms with Crippen LogP contribution in [0.25, 0.3) is 6.08 Å². The molecule has 1 aliphatic carbocycles. The van der Waals surface area contributed by atoms with E-state index >= 15 is 0 Å². The molecule has 0 bridgehead atoms. The topological polar surface area (TPSA) is 41.6 Å². The van der Waals surface area contributed by atoms with E-state index in [9.17, 15) is 13.6 Å². The minimum absolute atomic E-state index is 0.158. The number of carbonyl (C=O) groups excluding carboxylic acids is 1. The zero-order valence-electron chi connectivity index (χ0n) is 19.1. The van der Waals surface area contributed by atoms with Crippen LogP contribution in [-0.4, -0.2) is 43.6 Å². The van der Waals surface area contributed by atoms with E-state index in [-0.39, 0.29) is 11.9 Å². The highest BCUT2D eigenvalue weighted by Crippen LogP contribution is 2.32. The Balaban J connectivity index is 1.19. The highest BCUT2D eigenvalue weighted by molar-refractivity contribution is 5.91. The van der Waals surface area contributed by atoms with Crippen LogP contribution in [0, 0.1) is 17.6 Å². The lowest BCUT2D eigenvalue weighted by molar-refractivity contribution is -0.117. The number of nitrogens with one attached hydrogen (secondary N) is 1. The molecular weight excluding hydrogens is 422 g/mol. The van der Waals surface area contributed by atoms with Crippen molar-refractivity contribution in [1.82, 2.24) is 10.2 Å². The van der Waals surface area contributed by atoms with Crippen molar-refractivity contribution < 1.29 is 18.3 Å². The largest absolute Gasteiger partial charge is 0.497 e. The fourth-order valence-electron chi connectivity index (χ4n) is 5.17. The number of benzene rings is 2. The molecule has 0 aromatic heterocycles. The number of piperidine rings is 1. The number of hydrogen-bond acceptors (Lipinski definition) is 3. The lowest BCUT2D eigenvalue weighted by atomic mass is 9.89. The van der Waals surface area contributed by atoms with Gasteiger partial charge in [-0.15, -0.1) is 0 Å². The maximum absolute atomic E-state index is 13.3. The second-order valence-corrected chi connectivity index (χ2v) is 9.27. The van der Waals surface area contributed by atoms with E-state index in [4.69, 9.17) is 4.74 Å². The third kappa shape index (κ3) is 6.64. The second-order valence-electron chi connectivity index (χ2n) is 9.27. The summed E-state index contributed by atoms with van der Waals surface area (Å²) in [5.41, 5.74) is 1.70. The van der Waals surface area contributed by atoms with Gasteiger partial charge in [-0.25, -0.2) is 8.78 Å².